The quantitative estimate of drug-likeness (QED) is 0.794. The van der Waals surface area contributed by atoms with Crippen LogP contribution in [-0.2, 0) is 20.9 Å². The second kappa shape index (κ2) is 7.77. The van der Waals surface area contributed by atoms with E-state index in [-0.39, 0.29) is 12.5 Å². The number of hydrogen-bond acceptors (Lipinski definition) is 4. The first kappa shape index (κ1) is 17.6. The predicted molar refractivity (Wildman–Crippen MR) is 96.1 cm³/mol. The molecule has 0 saturated heterocycles. The van der Waals surface area contributed by atoms with Crippen molar-refractivity contribution in [2.45, 2.75) is 25.9 Å². The molecule has 2 N–H and O–H groups in total. The number of carbonyl (C=O) groups excluding carboxylic acids is 3. The van der Waals surface area contributed by atoms with Crippen molar-refractivity contribution in [2.24, 2.45) is 0 Å². The molecule has 0 aliphatic carbocycles. The molecule has 3 amide bonds. The molecule has 2 aromatic rings. The molecule has 1 aromatic heterocycles. The smallest absolute Gasteiger partial charge is 0.310 e. The highest BCUT2D eigenvalue weighted by atomic mass is 16.2. The molecule has 0 saturated carbocycles. The third kappa shape index (κ3) is 3.56. The maximum absolute atomic E-state index is 12.7. The van der Waals surface area contributed by atoms with Crippen molar-refractivity contribution in [2.75, 3.05) is 11.4 Å². The molecule has 0 radical (unpaired) electrons. The summed E-state index contributed by atoms with van der Waals surface area (Å²) >= 11 is 0. The average Bonchev–Trinajstić information content (AvgIpc) is 2.93. The van der Waals surface area contributed by atoms with Crippen LogP contribution in [0.5, 0.6) is 0 Å². The summed E-state index contributed by atoms with van der Waals surface area (Å²) in [6.45, 7) is 2.69. The molecule has 1 atom stereocenters. The molecule has 1 aromatic carbocycles. The van der Waals surface area contributed by atoms with Gasteiger partial charge in [-0.25, -0.2) is 0 Å². The molecule has 3 rings (SSSR count). The highest BCUT2D eigenvalue weighted by Gasteiger charge is 2.38. The Morgan fingerprint density at radius 1 is 1.12 bits per heavy atom. The van der Waals surface area contributed by atoms with E-state index in [1.165, 1.54) is 0 Å². The van der Waals surface area contributed by atoms with Gasteiger partial charge in [-0.1, -0.05) is 31.2 Å². The molecular weight excluding hydrogens is 332 g/mol. The van der Waals surface area contributed by atoms with Gasteiger partial charge in [0.15, 0.2) is 0 Å². The number of carbonyl (C=O) groups is 3. The monoisotopic (exact) mass is 352 g/mol. The molecule has 0 bridgehead atoms. The number of nitrogens with one attached hydrogen (secondary N) is 2. The normalized spacial score (nSPS) is 15.5. The van der Waals surface area contributed by atoms with E-state index in [0.29, 0.717) is 17.8 Å². The highest BCUT2D eigenvalue weighted by molar-refractivity contribution is 6.35. The number of fused-ring (bicyclic) bond motifs is 1. The maximum atomic E-state index is 12.7. The summed E-state index contributed by atoms with van der Waals surface area (Å²) in [6, 6.07) is 11.8. The van der Waals surface area contributed by atoms with Gasteiger partial charge in [0.05, 0.1) is 12.2 Å². The molecule has 1 aliphatic heterocycles. The van der Waals surface area contributed by atoms with Gasteiger partial charge < -0.3 is 15.5 Å². The lowest BCUT2D eigenvalue weighted by atomic mass is 10.1. The summed E-state index contributed by atoms with van der Waals surface area (Å²) in [5, 5.41) is 5.06. The molecule has 134 valence electrons. The van der Waals surface area contributed by atoms with Crippen LogP contribution in [0.15, 0.2) is 48.7 Å². The number of hydrogen-bond donors (Lipinski definition) is 2. The van der Waals surface area contributed by atoms with Gasteiger partial charge >= 0.3 is 11.8 Å². The van der Waals surface area contributed by atoms with Crippen LogP contribution in [0.1, 0.15) is 30.6 Å². The number of pyridine rings is 1. The number of para-hydroxylation sites is 1. The molecule has 26 heavy (non-hydrogen) atoms. The van der Waals surface area contributed by atoms with Crippen molar-refractivity contribution in [3.8, 4) is 0 Å². The zero-order valence-electron chi connectivity index (χ0n) is 14.4. The lowest BCUT2D eigenvalue weighted by Gasteiger charge is -2.17. The van der Waals surface area contributed by atoms with Gasteiger partial charge in [0.2, 0.25) is 0 Å². The van der Waals surface area contributed by atoms with Crippen LogP contribution in [0.3, 0.4) is 0 Å². The third-order valence-electron chi connectivity index (χ3n) is 4.14. The van der Waals surface area contributed by atoms with Crippen LogP contribution < -0.4 is 15.5 Å². The molecule has 0 spiro atoms. The fourth-order valence-electron chi connectivity index (χ4n) is 2.93. The number of rotatable bonds is 5. The van der Waals surface area contributed by atoms with Gasteiger partial charge in [0.25, 0.3) is 5.91 Å². The fourth-order valence-corrected chi connectivity index (χ4v) is 2.93. The van der Waals surface area contributed by atoms with Crippen molar-refractivity contribution < 1.29 is 14.4 Å². The Hall–Kier alpha value is -3.22. The molecule has 0 fully saturated rings. The van der Waals surface area contributed by atoms with Crippen molar-refractivity contribution in [1.29, 1.82) is 0 Å². The zero-order chi connectivity index (χ0) is 18.5. The Bertz CT molecular complexity index is 823. The molecule has 1 aliphatic rings. The van der Waals surface area contributed by atoms with E-state index in [0.717, 1.165) is 12.1 Å². The minimum Gasteiger partial charge on any atom is -0.342 e. The molecule has 7 heteroatoms. The van der Waals surface area contributed by atoms with E-state index in [1.54, 1.807) is 35.4 Å². The van der Waals surface area contributed by atoms with Crippen molar-refractivity contribution in [1.82, 2.24) is 15.6 Å². The molecule has 2 heterocycles. The molecular formula is C19H20N4O3. The summed E-state index contributed by atoms with van der Waals surface area (Å²) in [7, 11) is 0. The Labute approximate surface area is 151 Å². The standard InChI is InChI=1S/C19H20N4O3/c1-2-11-23-15-9-4-3-8-14(15)16(19(23)26)22-18(25)17(24)21-12-13-7-5-6-10-20-13/h3-10,16H,2,11-12H2,1H3,(H,21,24)(H,22,25)/t16-/m0/s1. The summed E-state index contributed by atoms with van der Waals surface area (Å²) < 4.78 is 0. The van der Waals surface area contributed by atoms with Gasteiger partial charge in [-0.2, -0.15) is 0 Å². The molecule has 0 unspecified atom stereocenters. The van der Waals surface area contributed by atoms with Gasteiger partial charge in [0, 0.05) is 24.0 Å². The largest absolute Gasteiger partial charge is 0.342 e. The highest BCUT2D eigenvalue weighted by Crippen LogP contribution is 2.35. The SMILES string of the molecule is CCCN1C(=O)[C@@H](NC(=O)C(=O)NCc2ccccn2)c2ccccc21. The van der Waals surface area contributed by atoms with Gasteiger partial charge in [-0.3, -0.25) is 19.4 Å². The minimum absolute atomic E-state index is 0.143. The van der Waals surface area contributed by atoms with Crippen molar-refractivity contribution in [3.05, 3.63) is 59.9 Å². The first-order chi connectivity index (χ1) is 12.6. The maximum Gasteiger partial charge on any atom is 0.310 e. The Balaban J connectivity index is 1.67. The van der Waals surface area contributed by atoms with E-state index >= 15 is 0 Å². The lowest BCUT2D eigenvalue weighted by molar-refractivity contribution is -0.140. The average molecular weight is 352 g/mol. The van der Waals surface area contributed by atoms with E-state index in [2.05, 4.69) is 15.6 Å². The Morgan fingerprint density at radius 2 is 1.88 bits per heavy atom. The molecule has 7 nitrogen and oxygen atoms in total. The first-order valence-corrected chi connectivity index (χ1v) is 8.50. The number of benzene rings is 1. The van der Waals surface area contributed by atoms with E-state index in [1.807, 2.05) is 25.1 Å². The number of anilines is 1. The van der Waals surface area contributed by atoms with Crippen LogP contribution in [0.4, 0.5) is 5.69 Å². The summed E-state index contributed by atoms with van der Waals surface area (Å²) in [5.74, 6) is -1.86. The summed E-state index contributed by atoms with van der Waals surface area (Å²) in [6.07, 6.45) is 2.41. The summed E-state index contributed by atoms with van der Waals surface area (Å²) in [5.41, 5.74) is 2.13. The second-order valence-corrected chi connectivity index (χ2v) is 5.96. The number of nitrogens with zero attached hydrogens (tertiary/aromatic N) is 2. The van der Waals surface area contributed by atoms with E-state index < -0.39 is 17.9 Å². The zero-order valence-corrected chi connectivity index (χ0v) is 14.4. The fraction of sp³-hybridized carbons (Fsp3) is 0.263. The van der Waals surface area contributed by atoms with Crippen LogP contribution in [0, 0.1) is 0 Å². The Kier molecular flexibility index (Phi) is 5.26. The van der Waals surface area contributed by atoms with Crippen LogP contribution in [0.2, 0.25) is 0 Å². The van der Waals surface area contributed by atoms with Crippen molar-refractivity contribution >= 4 is 23.4 Å². The second-order valence-electron chi connectivity index (χ2n) is 5.96. The lowest BCUT2D eigenvalue weighted by Crippen LogP contribution is -2.44. The van der Waals surface area contributed by atoms with Gasteiger partial charge in [-0.05, 0) is 24.6 Å². The van der Waals surface area contributed by atoms with E-state index in [9.17, 15) is 14.4 Å². The first-order valence-electron chi connectivity index (χ1n) is 8.50. The van der Waals surface area contributed by atoms with Crippen LogP contribution in [0.25, 0.3) is 0 Å². The number of aromatic nitrogens is 1. The van der Waals surface area contributed by atoms with Crippen LogP contribution in [-0.4, -0.2) is 29.3 Å². The third-order valence-corrected chi connectivity index (χ3v) is 4.14. The van der Waals surface area contributed by atoms with Gasteiger partial charge in [0.1, 0.15) is 6.04 Å². The minimum atomic E-state index is -0.842. The van der Waals surface area contributed by atoms with Crippen molar-refractivity contribution in [3.63, 3.8) is 0 Å². The van der Waals surface area contributed by atoms with E-state index in [4.69, 9.17) is 0 Å². The summed E-state index contributed by atoms with van der Waals surface area (Å²) in [4.78, 5) is 42.7. The van der Waals surface area contributed by atoms with Crippen LogP contribution >= 0.6 is 0 Å². The Morgan fingerprint density at radius 3 is 2.62 bits per heavy atom. The topological polar surface area (TPSA) is 91.4 Å². The predicted octanol–water partition coefficient (Wildman–Crippen LogP) is 1.31. The number of amides is 3. The van der Waals surface area contributed by atoms with Gasteiger partial charge in [-0.15, -0.1) is 0 Å².